The molecule has 0 saturated carbocycles. The van der Waals surface area contributed by atoms with Crippen LogP contribution >= 0.6 is 0 Å². The third-order valence-corrected chi connectivity index (χ3v) is 5.39. The van der Waals surface area contributed by atoms with Gasteiger partial charge in [-0.15, -0.1) is 0 Å². The number of aromatic nitrogens is 1. The zero-order valence-corrected chi connectivity index (χ0v) is 14.7. The smallest absolute Gasteiger partial charge is 0.234 e. The number of sulfonamides is 1. The Balaban J connectivity index is 1.80. The molecule has 1 aromatic heterocycles. The number of nitrogens with zero attached hydrogens (tertiary/aromatic N) is 1. The van der Waals surface area contributed by atoms with Gasteiger partial charge in [0.1, 0.15) is 0 Å². The Kier molecular flexibility index (Phi) is 5.96. The molecule has 0 amide bonds. The minimum atomic E-state index is -3.58. The predicted octanol–water partition coefficient (Wildman–Crippen LogP) is 3.14. The fraction of sp³-hybridized carbons (Fsp3) is 0.316. The lowest BCUT2D eigenvalue weighted by Gasteiger charge is -2.30. The van der Waals surface area contributed by atoms with E-state index in [1.54, 1.807) is 18.5 Å². The van der Waals surface area contributed by atoms with Crippen molar-refractivity contribution in [1.82, 2.24) is 9.71 Å². The van der Waals surface area contributed by atoms with E-state index in [9.17, 15) is 8.42 Å². The van der Waals surface area contributed by atoms with Gasteiger partial charge >= 0.3 is 0 Å². The van der Waals surface area contributed by atoms with Gasteiger partial charge in [0.15, 0.2) is 0 Å². The summed E-state index contributed by atoms with van der Waals surface area (Å²) < 4.78 is 33.4. The van der Waals surface area contributed by atoms with E-state index in [0.717, 1.165) is 24.0 Å². The Morgan fingerprint density at radius 1 is 1.12 bits per heavy atom. The molecule has 1 N–H and O–H groups in total. The number of benzene rings is 1. The molecule has 6 heteroatoms. The molecule has 132 valence electrons. The fourth-order valence-corrected chi connectivity index (χ4v) is 4.09. The Hall–Kier alpha value is -2.02. The van der Waals surface area contributed by atoms with Crippen molar-refractivity contribution >= 4 is 16.1 Å². The quantitative estimate of drug-likeness (QED) is 0.861. The maximum atomic E-state index is 12.6. The van der Waals surface area contributed by atoms with Crippen LogP contribution in [0.1, 0.15) is 30.0 Å². The summed E-state index contributed by atoms with van der Waals surface area (Å²) in [6.07, 6.45) is 6.67. The van der Waals surface area contributed by atoms with E-state index in [1.165, 1.54) is 5.41 Å². The van der Waals surface area contributed by atoms with Crippen molar-refractivity contribution in [3.05, 3.63) is 71.4 Å². The van der Waals surface area contributed by atoms with Gasteiger partial charge < -0.3 is 4.74 Å². The molecule has 1 unspecified atom stereocenters. The summed E-state index contributed by atoms with van der Waals surface area (Å²) in [4.78, 5) is 4.14. The number of hydrogen-bond acceptors (Lipinski definition) is 4. The summed E-state index contributed by atoms with van der Waals surface area (Å²) in [7, 11) is -3.58. The van der Waals surface area contributed by atoms with E-state index in [0.29, 0.717) is 13.2 Å². The standard InChI is InChI=1S/C19H22N2O3S/c22-25(23,14-10-16-5-2-1-3-6-16)21-19(17-8-12-24-13-9-17)18-7-4-11-20-15-18/h1-7,10-11,14-15,17,19,21H,8-9,12-13H2/b14-10+. The highest BCUT2D eigenvalue weighted by Gasteiger charge is 2.28. The topological polar surface area (TPSA) is 68.3 Å². The van der Waals surface area contributed by atoms with Crippen molar-refractivity contribution in [2.24, 2.45) is 5.92 Å². The molecule has 2 aromatic rings. The molecule has 5 nitrogen and oxygen atoms in total. The number of rotatable bonds is 6. The van der Waals surface area contributed by atoms with Crippen LogP contribution in [0.15, 0.2) is 60.3 Å². The Labute approximate surface area is 148 Å². The van der Waals surface area contributed by atoms with E-state index in [-0.39, 0.29) is 12.0 Å². The second kappa shape index (κ2) is 8.38. The first-order chi connectivity index (χ1) is 12.1. The number of pyridine rings is 1. The first kappa shape index (κ1) is 17.8. The molecule has 0 radical (unpaired) electrons. The molecule has 25 heavy (non-hydrogen) atoms. The summed E-state index contributed by atoms with van der Waals surface area (Å²) in [6.45, 7) is 1.31. The van der Waals surface area contributed by atoms with Crippen LogP contribution in [0.25, 0.3) is 6.08 Å². The van der Waals surface area contributed by atoms with Gasteiger partial charge in [-0.1, -0.05) is 36.4 Å². The zero-order valence-electron chi connectivity index (χ0n) is 13.9. The van der Waals surface area contributed by atoms with Gasteiger partial charge in [0.25, 0.3) is 0 Å². The summed E-state index contributed by atoms with van der Waals surface area (Å²) in [5.74, 6) is 0.192. The summed E-state index contributed by atoms with van der Waals surface area (Å²) in [5.41, 5.74) is 1.72. The summed E-state index contributed by atoms with van der Waals surface area (Å²) in [5, 5.41) is 1.23. The average Bonchev–Trinajstić information content (AvgIpc) is 2.67. The van der Waals surface area contributed by atoms with Crippen molar-refractivity contribution < 1.29 is 13.2 Å². The number of ether oxygens (including phenoxy) is 1. The monoisotopic (exact) mass is 358 g/mol. The molecule has 0 bridgehead atoms. The third-order valence-electron chi connectivity index (χ3n) is 4.31. The Morgan fingerprint density at radius 2 is 1.88 bits per heavy atom. The molecule has 1 fully saturated rings. The Bertz CT molecular complexity index is 786. The normalized spacial score (nSPS) is 17.6. The molecule has 3 rings (SSSR count). The highest BCUT2D eigenvalue weighted by atomic mass is 32.2. The second-order valence-corrected chi connectivity index (χ2v) is 7.69. The first-order valence-electron chi connectivity index (χ1n) is 8.37. The van der Waals surface area contributed by atoms with Crippen LogP contribution in [-0.2, 0) is 14.8 Å². The van der Waals surface area contributed by atoms with Gasteiger partial charge in [0.2, 0.25) is 10.0 Å². The lowest BCUT2D eigenvalue weighted by Crippen LogP contribution is -2.35. The van der Waals surface area contributed by atoms with Gasteiger partial charge in [-0.3, -0.25) is 4.98 Å². The van der Waals surface area contributed by atoms with Crippen LogP contribution in [0.3, 0.4) is 0 Å². The lowest BCUT2D eigenvalue weighted by molar-refractivity contribution is 0.0564. The molecular weight excluding hydrogens is 336 g/mol. The number of hydrogen-bond donors (Lipinski definition) is 1. The van der Waals surface area contributed by atoms with Gasteiger partial charge in [-0.25, -0.2) is 13.1 Å². The van der Waals surface area contributed by atoms with Crippen molar-refractivity contribution in [2.45, 2.75) is 18.9 Å². The average molecular weight is 358 g/mol. The lowest BCUT2D eigenvalue weighted by atomic mass is 9.88. The van der Waals surface area contributed by atoms with Crippen LogP contribution in [-0.4, -0.2) is 26.6 Å². The van der Waals surface area contributed by atoms with Crippen molar-refractivity contribution in [3.8, 4) is 0 Å². The Morgan fingerprint density at radius 3 is 2.56 bits per heavy atom. The molecule has 1 aliphatic rings. The predicted molar refractivity (Wildman–Crippen MR) is 98.1 cm³/mol. The summed E-state index contributed by atoms with van der Waals surface area (Å²) in [6, 6.07) is 12.8. The number of nitrogens with one attached hydrogen (secondary N) is 1. The van der Waals surface area contributed by atoms with Gasteiger partial charge in [0.05, 0.1) is 6.04 Å². The molecule has 1 aliphatic heterocycles. The fourth-order valence-electron chi connectivity index (χ4n) is 2.99. The van der Waals surface area contributed by atoms with E-state index in [2.05, 4.69) is 9.71 Å². The molecular formula is C19H22N2O3S. The molecule has 1 atom stereocenters. The molecule has 0 spiro atoms. The van der Waals surface area contributed by atoms with E-state index in [1.807, 2.05) is 42.5 Å². The maximum Gasteiger partial charge on any atom is 0.234 e. The van der Waals surface area contributed by atoms with Crippen LogP contribution in [0.5, 0.6) is 0 Å². The SMILES string of the molecule is O=S(=O)(/C=C/c1ccccc1)NC(c1cccnc1)C1CCOCC1. The minimum Gasteiger partial charge on any atom is -0.381 e. The molecule has 1 aromatic carbocycles. The van der Waals surface area contributed by atoms with Crippen LogP contribution in [0, 0.1) is 5.92 Å². The third kappa shape index (κ3) is 5.22. The highest BCUT2D eigenvalue weighted by molar-refractivity contribution is 7.92. The largest absolute Gasteiger partial charge is 0.381 e. The van der Waals surface area contributed by atoms with Crippen LogP contribution in [0.2, 0.25) is 0 Å². The second-order valence-electron chi connectivity index (χ2n) is 6.09. The maximum absolute atomic E-state index is 12.6. The van der Waals surface area contributed by atoms with Crippen molar-refractivity contribution in [3.63, 3.8) is 0 Å². The van der Waals surface area contributed by atoms with Crippen molar-refractivity contribution in [2.75, 3.05) is 13.2 Å². The van der Waals surface area contributed by atoms with Crippen LogP contribution in [0.4, 0.5) is 0 Å². The highest BCUT2D eigenvalue weighted by Crippen LogP contribution is 2.30. The van der Waals surface area contributed by atoms with Gasteiger partial charge in [0, 0.05) is 31.0 Å². The van der Waals surface area contributed by atoms with Gasteiger partial charge in [-0.2, -0.15) is 0 Å². The molecule has 1 saturated heterocycles. The van der Waals surface area contributed by atoms with E-state index >= 15 is 0 Å². The zero-order chi connectivity index (χ0) is 17.5. The van der Waals surface area contributed by atoms with Gasteiger partial charge in [-0.05, 0) is 42.0 Å². The minimum absolute atomic E-state index is 0.192. The molecule has 0 aliphatic carbocycles. The molecule has 2 heterocycles. The first-order valence-corrected chi connectivity index (χ1v) is 9.92. The summed E-state index contributed by atoms with van der Waals surface area (Å²) >= 11 is 0. The van der Waals surface area contributed by atoms with E-state index < -0.39 is 10.0 Å². The van der Waals surface area contributed by atoms with Crippen LogP contribution < -0.4 is 4.72 Å². The van der Waals surface area contributed by atoms with E-state index in [4.69, 9.17) is 4.74 Å². The van der Waals surface area contributed by atoms with Crippen molar-refractivity contribution in [1.29, 1.82) is 0 Å².